The number of aliphatic hydroxyl groups is 1. The molecule has 0 saturated heterocycles. The van der Waals surface area contributed by atoms with Crippen molar-refractivity contribution in [3.63, 3.8) is 0 Å². The van der Waals surface area contributed by atoms with Gasteiger partial charge >= 0.3 is 0 Å². The molecule has 17 heavy (non-hydrogen) atoms. The topological polar surface area (TPSA) is 68.4 Å². The minimum atomic E-state index is -0.735. The van der Waals surface area contributed by atoms with Crippen molar-refractivity contribution in [2.24, 2.45) is 0 Å². The van der Waals surface area contributed by atoms with Gasteiger partial charge in [-0.1, -0.05) is 17.3 Å². The summed E-state index contributed by atoms with van der Waals surface area (Å²) in [6, 6.07) is 7.66. The first kappa shape index (κ1) is 11.6. The van der Waals surface area contributed by atoms with Gasteiger partial charge in [0.2, 0.25) is 0 Å². The van der Waals surface area contributed by atoms with E-state index in [0.29, 0.717) is 12.2 Å². The van der Waals surface area contributed by atoms with Gasteiger partial charge < -0.3 is 14.4 Å². The standard InChI is InChI=1S/C12H14N2O3/c1-8(15)12-13-11(14-17-12)7-9-4-3-5-10(6-9)16-2/h3-6,8,15H,7H2,1-2H3. The highest BCUT2D eigenvalue weighted by Gasteiger charge is 2.11. The van der Waals surface area contributed by atoms with Crippen molar-refractivity contribution in [1.29, 1.82) is 0 Å². The number of ether oxygens (including phenoxy) is 1. The molecule has 1 aromatic carbocycles. The van der Waals surface area contributed by atoms with Crippen molar-refractivity contribution >= 4 is 0 Å². The van der Waals surface area contributed by atoms with Crippen LogP contribution in [0.1, 0.15) is 30.3 Å². The average Bonchev–Trinajstić information content (AvgIpc) is 2.78. The van der Waals surface area contributed by atoms with Gasteiger partial charge in [0.25, 0.3) is 5.89 Å². The lowest BCUT2D eigenvalue weighted by molar-refractivity contribution is 0.151. The lowest BCUT2D eigenvalue weighted by Crippen LogP contribution is -1.94. The first-order chi connectivity index (χ1) is 8.19. The maximum Gasteiger partial charge on any atom is 0.255 e. The van der Waals surface area contributed by atoms with E-state index in [-0.39, 0.29) is 5.89 Å². The van der Waals surface area contributed by atoms with Crippen molar-refractivity contribution in [1.82, 2.24) is 10.1 Å². The molecule has 90 valence electrons. The van der Waals surface area contributed by atoms with E-state index in [2.05, 4.69) is 10.1 Å². The largest absolute Gasteiger partial charge is 0.497 e. The van der Waals surface area contributed by atoms with E-state index in [1.54, 1.807) is 14.0 Å². The normalized spacial score (nSPS) is 12.4. The number of hydrogen-bond donors (Lipinski definition) is 1. The molecule has 0 amide bonds. The van der Waals surface area contributed by atoms with Crippen LogP contribution in [0, 0.1) is 0 Å². The van der Waals surface area contributed by atoms with E-state index < -0.39 is 6.10 Å². The maximum atomic E-state index is 9.27. The van der Waals surface area contributed by atoms with Crippen LogP contribution in [0.5, 0.6) is 5.75 Å². The number of rotatable bonds is 4. The van der Waals surface area contributed by atoms with Crippen LogP contribution in [-0.2, 0) is 6.42 Å². The van der Waals surface area contributed by atoms with Crippen LogP contribution in [0.4, 0.5) is 0 Å². The molecule has 0 aliphatic carbocycles. The fourth-order valence-electron chi connectivity index (χ4n) is 1.47. The molecule has 2 rings (SSSR count). The Morgan fingerprint density at radius 1 is 1.47 bits per heavy atom. The lowest BCUT2D eigenvalue weighted by atomic mass is 10.1. The Labute approximate surface area is 99.0 Å². The molecule has 5 heteroatoms. The molecule has 0 fully saturated rings. The van der Waals surface area contributed by atoms with E-state index in [1.807, 2.05) is 24.3 Å². The number of methoxy groups -OCH3 is 1. The van der Waals surface area contributed by atoms with E-state index in [1.165, 1.54) is 0 Å². The van der Waals surface area contributed by atoms with Gasteiger partial charge in [0.15, 0.2) is 5.82 Å². The summed E-state index contributed by atoms with van der Waals surface area (Å²) in [6.45, 7) is 1.59. The third-order valence-electron chi connectivity index (χ3n) is 2.34. The summed E-state index contributed by atoms with van der Waals surface area (Å²) in [5, 5.41) is 13.1. The number of aliphatic hydroxyl groups excluding tert-OH is 1. The van der Waals surface area contributed by atoms with Crippen molar-refractivity contribution in [3.8, 4) is 5.75 Å². The molecule has 0 aliphatic rings. The second kappa shape index (κ2) is 4.97. The van der Waals surface area contributed by atoms with Crippen molar-refractivity contribution in [2.45, 2.75) is 19.4 Å². The first-order valence-corrected chi connectivity index (χ1v) is 5.32. The van der Waals surface area contributed by atoms with E-state index in [0.717, 1.165) is 11.3 Å². The molecule has 0 radical (unpaired) electrons. The summed E-state index contributed by atoms with van der Waals surface area (Å²) in [6.07, 6.45) is -0.186. The molecule has 5 nitrogen and oxygen atoms in total. The van der Waals surface area contributed by atoms with Gasteiger partial charge in [-0.25, -0.2) is 0 Å². The molecule has 1 N–H and O–H groups in total. The van der Waals surface area contributed by atoms with Gasteiger partial charge in [0, 0.05) is 6.42 Å². The van der Waals surface area contributed by atoms with Gasteiger partial charge in [-0.05, 0) is 24.6 Å². The summed E-state index contributed by atoms with van der Waals surface area (Å²) in [7, 11) is 1.62. The molecule has 1 atom stereocenters. The Balaban J connectivity index is 2.13. The molecule has 2 aromatic rings. The van der Waals surface area contributed by atoms with E-state index >= 15 is 0 Å². The predicted octanol–water partition coefficient (Wildman–Crippen LogP) is 1.72. The quantitative estimate of drug-likeness (QED) is 0.872. The number of benzene rings is 1. The molecule has 0 saturated carbocycles. The smallest absolute Gasteiger partial charge is 0.255 e. The Morgan fingerprint density at radius 3 is 2.94 bits per heavy atom. The fraction of sp³-hybridized carbons (Fsp3) is 0.333. The lowest BCUT2D eigenvalue weighted by Gasteiger charge is -2.01. The highest BCUT2D eigenvalue weighted by Crippen LogP contribution is 2.16. The van der Waals surface area contributed by atoms with Crippen molar-refractivity contribution < 1.29 is 14.4 Å². The second-order valence-corrected chi connectivity index (χ2v) is 3.75. The maximum absolute atomic E-state index is 9.27. The van der Waals surface area contributed by atoms with Crippen molar-refractivity contribution in [2.75, 3.05) is 7.11 Å². The Bertz CT molecular complexity index is 494. The molecule has 0 aliphatic heterocycles. The average molecular weight is 234 g/mol. The molecule has 1 heterocycles. The van der Waals surface area contributed by atoms with Crippen molar-refractivity contribution in [3.05, 3.63) is 41.5 Å². The number of aromatic nitrogens is 2. The zero-order chi connectivity index (χ0) is 12.3. The van der Waals surface area contributed by atoms with Gasteiger partial charge in [-0.3, -0.25) is 0 Å². The van der Waals surface area contributed by atoms with E-state index in [4.69, 9.17) is 9.26 Å². The summed E-state index contributed by atoms with van der Waals surface area (Å²) in [5.41, 5.74) is 1.03. The molecular formula is C12H14N2O3. The van der Waals surface area contributed by atoms with Crippen LogP contribution in [0.2, 0.25) is 0 Å². The minimum Gasteiger partial charge on any atom is -0.497 e. The van der Waals surface area contributed by atoms with Gasteiger partial charge in [-0.15, -0.1) is 0 Å². The molecule has 1 unspecified atom stereocenters. The van der Waals surface area contributed by atoms with Crippen LogP contribution in [0.3, 0.4) is 0 Å². The third-order valence-corrected chi connectivity index (χ3v) is 2.34. The fourth-order valence-corrected chi connectivity index (χ4v) is 1.47. The predicted molar refractivity (Wildman–Crippen MR) is 60.7 cm³/mol. The zero-order valence-corrected chi connectivity index (χ0v) is 9.75. The second-order valence-electron chi connectivity index (χ2n) is 3.75. The summed E-state index contributed by atoms with van der Waals surface area (Å²) < 4.78 is 10.0. The first-order valence-electron chi connectivity index (χ1n) is 5.32. The Kier molecular flexibility index (Phi) is 3.39. The van der Waals surface area contributed by atoms with Crippen LogP contribution in [-0.4, -0.2) is 22.4 Å². The number of hydrogen-bond acceptors (Lipinski definition) is 5. The van der Waals surface area contributed by atoms with Crippen LogP contribution < -0.4 is 4.74 Å². The van der Waals surface area contributed by atoms with Crippen LogP contribution >= 0.6 is 0 Å². The van der Waals surface area contributed by atoms with Gasteiger partial charge in [0.1, 0.15) is 11.9 Å². The van der Waals surface area contributed by atoms with Gasteiger partial charge in [-0.2, -0.15) is 4.98 Å². The highest BCUT2D eigenvalue weighted by molar-refractivity contribution is 5.30. The Hall–Kier alpha value is -1.88. The molecular weight excluding hydrogens is 220 g/mol. The highest BCUT2D eigenvalue weighted by atomic mass is 16.5. The monoisotopic (exact) mass is 234 g/mol. The molecule has 1 aromatic heterocycles. The minimum absolute atomic E-state index is 0.239. The summed E-state index contributed by atoms with van der Waals surface area (Å²) in [5.74, 6) is 1.58. The Morgan fingerprint density at radius 2 is 2.29 bits per heavy atom. The van der Waals surface area contributed by atoms with E-state index in [9.17, 15) is 5.11 Å². The van der Waals surface area contributed by atoms with Gasteiger partial charge in [0.05, 0.1) is 7.11 Å². The summed E-state index contributed by atoms with van der Waals surface area (Å²) in [4.78, 5) is 4.09. The third kappa shape index (κ3) is 2.82. The van der Waals surface area contributed by atoms with Crippen LogP contribution in [0.25, 0.3) is 0 Å². The molecule has 0 spiro atoms. The van der Waals surface area contributed by atoms with Crippen LogP contribution in [0.15, 0.2) is 28.8 Å². The summed E-state index contributed by atoms with van der Waals surface area (Å²) >= 11 is 0. The molecule has 0 bridgehead atoms. The number of nitrogens with zero attached hydrogens (tertiary/aromatic N) is 2. The zero-order valence-electron chi connectivity index (χ0n) is 9.75. The SMILES string of the molecule is COc1cccc(Cc2noc(C(C)O)n2)c1.